The highest BCUT2D eigenvalue weighted by Gasteiger charge is 2.02. The van der Waals surface area contributed by atoms with E-state index in [1.54, 1.807) is 12.2 Å². The van der Waals surface area contributed by atoms with Gasteiger partial charge in [0.15, 0.2) is 0 Å². The van der Waals surface area contributed by atoms with E-state index in [4.69, 9.17) is 0 Å². The van der Waals surface area contributed by atoms with Gasteiger partial charge in [-0.05, 0) is 22.3 Å². The van der Waals surface area contributed by atoms with Crippen molar-refractivity contribution in [3.8, 4) is 0 Å². The first-order valence-corrected chi connectivity index (χ1v) is 3.56. The van der Waals surface area contributed by atoms with Crippen LogP contribution in [0.25, 0.3) is 0 Å². The third-order valence-electron chi connectivity index (χ3n) is 1.63. The molecule has 0 fully saturated rings. The first kappa shape index (κ1) is 10.4. The smallest absolute Gasteiger partial charge is 0.0190 e. The minimum Gasteiger partial charge on any atom is -0.0985 e. The van der Waals surface area contributed by atoms with Crippen molar-refractivity contribution in [2.75, 3.05) is 0 Å². The molecule has 0 N–H and O–H groups in total. The Labute approximate surface area is 74.6 Å². The van der Waals surface area contributed by atoms with E-state index in [1.807, 2.05) is 0 Å². The zero-order valence-corrected chi connectivity index (χ0v) is 7.40. The van der Waals surface area contributed by atoms with Crippen LogP contribution in [-0.2, 0) is 0 Å². The topological polar surface area (TPSA) is 0 Å². The standard InChI is InChI=1S/C12H14/c1-7-9(3)11(5)12(6)10(4)8-2/h7-8H,1-6H2. The average Bonchev–Trinajstić information content (AvgIpc) is 2.12. The van der Waals surface area contributed by atoms with Gasteiger partial charge < -0.3 is 0 Å². The maximum absolute atomic E-state index is 3.82. The number of allylic oxidation sites excluding steroid dienone is 6. The fourth-order valence-corrected chi connectivity index (χ4v) is 0.634. The molecule has 12 heavy (non-hydrogen) atoms. The minimum absolute atomic E-state index is 0.759. The van der Waals surface area contributed by atoms with Crippen LogP contribution in [0.2, 0.25) is 0 Å². The highest BCUT2D eigenvalue weighted by Crippen LogP contribution is 2.21. The molecule has 0 nitrogen and oxygen atoms in total. The lowest BCUT2D eigenvalue weighted by Crippen LogP contribution is -1.89. The van der Waals surface area contributed by atoms with Gasteiger partial charge in [0, 0.05) is 0 Å². The summed E-state index contributed by atoms with van der Waals surface area (Å²) >= 11 is 0. The summed E-state index contributed by atoms with van der Waals surface area (Å²) in [5, 5.41) is 0. The monoisotopic (exact) mass is 158 g/mol. The van der Waals surface area contributed by atoms with Gasteiger partial charge in [0.05, 0.1) is 0 Å². The highest BCUT2D eigenvalue weighted by atomic mass is 14.1. The third-order valence-corrected chi connectivity index (χ3v) is 1.63. The van der Waals surface area contributed by atoms with Gasteiger partial charge in [-0.3, -0.25) is 0 Å². The number of hydrogen-bond acceptors (Lipinski definition) is 0. The van der Waals surface area contributed by atoms with E-state index in [1.165, 1.54) is 0 Å². The molecule has 0 saturated heterocycles. The summed E-state index contributed by atoms with van der Waals surface area (Å²) in [7, 11) is 0. The molecule has 0 aliphatic carbocycles. The predicted molar refractivity (Wildman–Crippen MR) is 57.0 cm³/mol. The second-order valence-electron chi connectivity index (χ2n) is 2.42. The van der Waals surface area contributed by atoms with Crippen molar-refractivity contribution in [1.29, 1.82) is 0 Å². The molecular weight excluding hydrogens is 144 g/mol. The lowest BCUT2D eigenvalue weighted by Gasteiger charge is -2.08. The van der Waals surface area contributed by atoms with Crippen molar-refractivity contribution in [2.24, 2.45) is 0 Å². The molecular formula is C12H14. The summed E-state index contributed by atoms with van der Waals surface area (Å²) in [6, 6.07) is 0. The molecule has 0 bridgehead atoms. The van der Waals surface area contributed by atoms with Crippen LogP contribution in [0.1, 0.15) is 0 Å². The number of rotatable bonds is 5. The molecule has 0 spiro atoms. The lowest BCUT2D eigenvalue weighted by atomic mass is 9.97. The Morgan fingerprint density at radius 3 is 1.08 bits per heavy atom. The predicted octanol–water partition coefficient (Wildman–Crippen LogP) is 3.58. The maximum Gasteiger partial charge on any atom is -0.0190 e. The van der Waals surface area contributed by atoms with Crippen molar-refractivity contribution in [3.05, 3.63) is 73.9 Å². The molecule has 0 rings (SSSR count). The summed E-state index contributed by atoms with van der Waals surface area (Å²) in [5.41, 5.74) is 3.05. The van der Waals surface area contributed by atoms with E-state index in [2.05, 4.69) is 39.5 Å². The molecule has 0 heteroatoms. The fourth-order valence-electron chi connectivity index (χ4n) is 0.634. The van der Waals surface area contributed by atoms with Crippen molar-refractivity contribution >= 4 is 0 Å². The van der Waals surface area contributed by atoms with Crippen LogP contribution >= 0.6 is 0 Å². The van der Waals surface area contributed by atoms with Crippen LogP contribution in [0, 0.1) is 0 Å². The summed E-state index contributed by atoms with van der Waals surface area (Å²) in [6.45, 7) is 22.3. The van der Waals surface area contributed by atoms with Gasteiger partial charge >= 0.3 is 0 Å². The molecule has 0 aliphatic heterocycles. The van der Waals surface area contributed by atoms with E-state index in [0.717, 1.165) is 22.3 Å². The molecule has 0 radical (unpaired) electrons. The van der Waals surface area contributed by atoms with Crippen LogP contribution in [0.5, 0.6) is 0 Å². The van der Waals surface area contributed by atoms with Crippen LogP contribution in [0.4, 0.5) is 0 Å². The van der Waals surface area contributed by atoms with Gasteiger partial charge in [0.2, 0.25) is 0 Å². The normalized spacial score (nSPS) is 8.33. The third kappa shape index (κ3) is 2.24. The molecule has 0 heterocycles. The van der Waals surface area contributed by atoms with Crippen molar-refractivity contribution in [1.82, 2.24) is 0 Å². The van der Waals surface area contributed by atoms with Crippen LogP contribution in [0.3, 0.4) is 0 Å². The summed E-state index contributed by atoms with van der Waals surface area (Å²) in [6.07, 6.45) is 3.29. The van der Waals surface area contributed by atoms with Crippen LogP contribution in [-0.4, -0.2) is 0 Å². The van der Waals surface area contributed by atoms with Crippen LogP contribution in [0.15, 0.2) is 73.9 Å². The second kappa shape index (κ2) is 4.35. The van der Waals surface area contributed by atoms with Crippen molar-refractivity contribution in [2.45, 2.75) is 0 Å². The van der Waals surface area contributed by atoms with E-state index in [-0.39, 0.29) is 0 Å². The average molecular weight is 158 g/mol. The van der Waals surface area contributed by atoms with Gasteiger partial charge in [0.1, 0.15) is 0 Å². The molecule has 0 amide bonds. The summed E-state index contributed by atoms with van der Waals surface area (Å²) in [4.78, 5) is 0. The zero-order valence-electron chi connectivity index (χ0n) is 7.40. The van der Waals surface area contributed by atoms with E-state index in [0.29, 0.717) is 0 Å². The number of hydrogen-bond donors (Lipinski definition) is 0. The zero-order chi connectivity index (χ0) is 9.72. The largest absolute Gasteiger partial charge is 0.0985 e. The Kier molecular flexibility index (Phi) is 3.78. The molecule has 62 valence electrons. The summed E-state index contributed by atoms with van der Waals surface area (Å²) < 4.78 is 0. The second-order valence-corrected chi connectivity index (χ2v) is 2.42. The molecule has 0 saturated carbocycles. The Morgan fingerprint density at radius 2 is 0.917 bits per heavy atom. The van der Waals surface area contributed by atoms with E-state index in [9.17, 15) is 0 Å². The Balaban J connectivity index is 4.62. The molecule has 0 unspecified atom stereocenters. The van der Waals surface area contributed by atoms with Crippen molar-refractivity contribution in [3.63, 3.8) is 0 Å². The maximum atomic E-state index is 3.82. The van der Waals surface area contributed by atoms with Gasteiger partial charge in [-0.1, -0.05) is 51.6 Å². The quantitative estimate of drug-likeness (QED) is 0.536. The fraction of sp³-hybridized carbons (Fsp3) is 0. The van der Waals surface area contributed by atoms with E-state index >= 15 is 0 Å². The van der Waals surface area contributed by atoms with Gasteiger partial charge in [-0.2, -0.15) is 0 Å². The van der Waals surface area contributed by atoms with Gasteiger partial charge in [-0.15, -0.1) is 0 Å². The summed E-state index contributed by atoms with van der Waals surface area (Å²) in [5.74, 6) is 0. The van der Waals surface area contributed by atoms with Gasteiger partial charge in [0.25, 0.3) is 0 Å². The van der Waals surface area contributed by atoms with E-state index < -0.39 is 0 Å². The van der Waals surface area contributed by atoms with Crippen molar-refractivity contribution < 1.29 is 0 Å². The molecule has 0 atom stereocenters. The minimum atomic E-state index is 0.759. The molecule has 0 aromatic rings. The Morgan fingerprint density at radius 1 is 0.667 bits per heavy atom. The Hall–Kier alpha value is -1.56. The first-order valence-electron chi connectivity index (χ1n) is 3.56. The highest BCUT2D eigenvalue weighted by molar-refractivity contribution is 5.56. The molecule has 0 aliphatic rings. The van der Waals surface area contributed by atoms with Gasteiger partial charge in [-0.25, -0.2) is 0 Å². The molecule has 0 aromatic heterocycles. The first-order chi connectivity index (χ1) is 5.54. The SMILES string of the molecule is C=CC(=C)C(=C)C(=C)C(=C)C=C. The lowest BCUT2D eigenvalue weighted by molar-refractivity contribution is 1.47. The molecule has 0 aromatic carbocycles. The van der Waals surface area contributed by atoms with Crippen LogP contribution < -0.4 is 0 Å². The Bertz CT molecular complexity index is 244.